The van der Waals surface area contributed by atoms with Crippen LogP contribution in [0.25, 0.3) is 0 Å². The van der Waals surface area contributed by atoms with Gasteiger partial charge in [0.15, 0.2) is 5.78 Å². The van der Waals surface area contributed by atoms with Crippen molar-refractivity contribution in [1.29, 1.82) is 0 Å². The minimum Gasteiger partial charge on any atom is -0.390 e. The molecule has 2 heteroatoms. The summed E-state index contributed by atoms with van der Waals surface area (Å²) in [7, 11) is 0. The molecule has 126 valence electrons. The van der Waals surface area contributed by atoms with Crippen LogP contribution in [0.2, 0.25) is 0 Å². The number of hydrogen-bond acceptors (Lipinski definition) is 2. The topological polar surface area (TPSA) is 37.3 Å². The van der Waals surface area contributed by atoms with Gasteiger partial charge in [0.05, 0.1) is 5.60 Å². The fraction of sp³-hybridized carbons (Fsp3) is 0.762. The summed E-state index contributed by atoms with van der Waals surface area (Å²) in [6, 6.07) is 0. The molecule has 23 heavy (non-hydrogen) atoms. The number of fused-ring (bicyclic) bond motifs is 5. The molecule has 0 saturated heterocycles. The maximum atomic E-state index is 11.8. The van der Waals surface area contributed by atoms with E-state index in [4.69, 9.17) is 0 Å². The molecule has 0 aromatic rings. The first kappa shape index (κ1) is 15.6. The number of carbonyl (C=O) groups is 1. The lowest BCUT2D eigenvalue weighted by atomic mass is 9.45. The van der Waals surface area contributed by atoms with E-state index in [2.05, 4.69) is 33.8 Å². The molecule has 7 atom stereocenters. The van der Waals surface area contributed by atoms with E-state index in [-0.39, 0.29) is 16.6 Å². The average Bonchev–Trinajstić information content (AvgIpc) is 2.69. The Labute approximate surface area is 140 Å². The molecule has 0 heterocycles. The normalized spacial score (nSPS) is 55.0. The summed E-state index contributed by atoms with van der Waals surface area (Å²) in [5.74, 6) is 2.66. The summed E-state index contributed by atoms with van der Waals surface area (Å²) in [6.07, 6.45) is 11.3. The second-order valence-electron chi connectivity index (χ2n) is 9.43. The van der Waals surface area contributed by atoms with Crippen molar-refractivity contribution in [2.24, 2.45) is 34.5 Å². The van der Waals surface area contributed by atoms with Gasteiger partial charge in [0.1, 0.15) is 0 Å². The fourth-order valence-corrected chi connectivity index (χ4v) is 7.11. The lowest BCUT2D eigenvalue weighted by Gasteiger charge is -2.60. The Kier molecular flexibility index (Phi) is 3.12. The van der Waals surface area contributed by atoms with E-state index >= 15 is 0 Å². The summed E-state index contributed by atoms with van der Waals surface area (Å²) in [4.78, 5) is 11.8. The van der Waals surface area contributed by atoms with Crippen molar-refractivity contribution in [3.63, 3.8) is 0 Å². The van der Waals surface area contributed by atoms with Gasteiger partial charge in [-0.25, -0.2) is 0 Å². The quantitative estimate of drug-likeness (QED) is 0.724. The van der Waals surface area contributed by atoms with Crippen molar-refractivity contribution < 1.29 is 9.90 Å². The maximum absolute atomic E-state index is 11.8. The highest BCUT2D eigenvalue weighted by atomic mass is 16.3. The Morgan fingerprint density at radius 3 is 2.70 bits per heavy atom. The van der Waals surface area contributed by atoms with Gasteiger partial charge in [0.2, 0.25) is 0 Å². The number of aliphatic hydroxyl groups is 1. The van der Waals surface area contributed by atoms with E-state index in [1.54, 1.807) is 6.08 Å². The van der Waals surface area contributed by atoms with Crippen LogP contribution in [-0.2, 0) is 4.79 Å². The molecule has 3 saturated carbocycles. The van der Waals surface area contributed by atoms with Gasteiger partial charge >= 0.3 is 0 Å². The zero-order valence-electron chi connectivity index (χ0n) is 14.9. The molecule has 4 aliphatic rings. The number of allylic oxidation sites excluding steroid dienone is 4. The molecule has 4 rings (SSSR count). The third-order valence-corrected chi connectivity index (χ3v) is 8.37. The van der Waals surface area contributed by atoms with Gasteiger partial charge < -0.3 is 5.11 Å². The first-order valence-corrected chi connectivity index (χ1v) is 9.36. The maximum Gasteiger partial charge on any atom is 0.178 e. The largest absolute Gasteiger partial charge is 0.390 e. The van der Waals surface area contributed by atoms with Gasteiger partial charge in [-0.1, -0.05) is 32.4 Å². The summed E-state index contributed by atoms with van der Waals surface area (Å²) >= 11 is 0. The Hall–Kier alpha value is -0.890. The highest BCUT2D eigenvalue weighted by molar-refractivity contribution is 6.01. The highest BCUT2D eigenvalue weighted by Gasteiger charge is 2.63. The van der Waals surface area contributed by atoms with E-state index < -0.39 is 5.60 Å². The van der Waals surface area contributed by atoms with Gasteiger partial charge in [0.25, 0.3) is 0 Å². The van der Waals surface area contributed by atoms with Crippen LogP contribution in [0.5, 0.6) is 0 Å². The van der Waals surface area contributed by atoms with E-state index in [1.165, 1.54) is 12.0 Å². The Morgan fingerprint density at radius 1 is 1.22 bits per heavy atom. The van der Waals surface area contributed by atoms with Crippen LogP contribution in [0.4, 0.5) is 0 Å². The first-order chi connectivity index (χ1) is 10.7. The first-order valence-electron chi connectivity index (χ1n) is 9.36. The van der Waals surface area contributed by atoms with Crippen LogP contribution in [0.3, 0.4) is 0 Å². The van der Waals surface area contributed by atoms with Crippen LogP contribution >= 0.6 is 0 Å². The van der Waals surface area contributed by atoms with Crippen LogP contribution in [0, 0.1) is 34.5 Å². The van der Waals surface area contributed by atoms with Crippen molar-refractivity contribution in [3.05, 3.63) is 23.8 Å². The van der Waals surface area contributed by atoms with Crippen molar-refractivity contribution in [1.82, 2.24) is 0 Å². The van der Waals surface area contributed by atoms with Crippen LogP contribution < -0.4 is 0 Å². The monoisotopic (exact) mass is 314 g/mol. The van der Waals surface area contributed by atoms with Gasteiger partial charge in [-0.3, -0.25) is 4.79 Å². The molecule has 1 N–H and O–H groups in total. The smallest absolute Gasteiger partial charge is 0.178 e. The lowest BCUT2D eigenvalue weighted by molar-refractivity contribution is -0.132. The van der Waals surface area contributed by atoms with Crippen molar-refractivity contribution in [3.8, 4) is 0 Å². The van der Waals surface area contributed by atoms with Gasteiger partial charge in [-0.15, -0.1) is 0 Å². The lowest BCUT2D eigenvalue weighted by Crippen LogP contribution is -2.56. The molecule has 7 unspecified atom stereocenters. The summed E-state index contributed by atoms with van der Waals surface area (Å²) in [5.41, 5.74) is 0.934. The Balaban J connectivity index is 1.76. The third kappa shape index (κ3) is 1.88. The molecular weight excluding hydrogens is 284 g/mol. The van der Waals surface area contributed by atoms with E-state index in [0.717, 1.165) is 25.7 Å². The Bertz CT molecular complexity index is 613. The fourth-order valence-electron chi connectivity index (χ4n) is 7.11. The van der Waals surface area contributed by atoms with Crippen molar-refractivity contribution in [2.45, 2.75) is 65.4 Å². The molecule has 0 aliphatic heterocycles. The second-order valence-corrected chi connectivity index (χ2v) is 9.43. The molecule has 4 aliphatic carbocycles. The van der Waals surface area contributed by atoms with E-state index in [0.29, 0.717) is 23.7 Å². The van der Waals surface area contributed by atoms with Crippen molar-refractivity contribution in [2.75, 3.05) is 0 Å². The van der Waals surface area contributed by atoms with Gasteiger partial charge in [0, 0.05) is 5.41 Å². The minimum absolute atomic E-state index is 0.0476. The number of carbonyl (C=O) groups excluding carboxylic acids is 1. The summed E-state index contributed by atoms with van der Waals surface area (Å²) in [6.45, 7) is 9.14. The molecule has 2 nitrogen and oxygen atoms in total. The van der Waals surface area contributed by atoms with Crippen molar-refractivity contribution >= 4 is 5.78 Å². The zero-order valence-corrected chi connectivity index (χ0v) is 14.9. The number of hydrogen-bond donors (Lipinski definition) is 1. The van der Waals surface area contributed by atoms with Crippen LogP contribution in [0.1, 0.15) is 59.8 Å². The number of ketones is 1. The standard InChI is InChI=1S/C21H30O2/c1-13-12-20(3)17(8-10-21(20,4)23)16-6-5-14-11-15(22)7-9-19(14,2)18(13)16/h7,9,11,13,16-18,23H,5-6,8,10,12H2,1-4H3. The molecule has 0 radical (unpaired) electrons. The van der Waals surface area contributed by atoms with Gasteiger partial charge in [-0.2, -0.15) is 0 Å². The molecule has 3 fully saturated rings. The molecular formula is C21H30O2. The Morgan fingerprint density at radius 2 is 1.96 bits per heavy atom. The summed E-state index contributed by atoms with van der Waals surface area (Å²) in [5, 5.41) is 11.0. The number of rotatable bonds is 0. The molecule has 0 bridgehead atoms. The minimum atomic E-state index is -0.522. The molecule has 0 aromatic carbocycles. The zero-order chi connectivity index (χ0) is 16.6. The predicted octanol–water partition coefficient (Wildman–Crippen LogP) is 4.29. The van der Waals surface area contributed by atoms with E-state index in [9.17, 15) is 9.90 Å². The summed E-state index contributed by atoms with van der Waals surface area (Å²) < 4.78 is 0. The average molecular weight is 314 g/mol. The van der Waals surface area contributed by atoms with Gasteiger partial charge in [-0.05, 0) is 80.3 Å². The third-order valence-electron chi connectivity index (χ3n) is 8.37. The second kappa shape index (κ2) is 4.59. The van der Waals surface area contributed by atoms with E-state index in [1.807, 2.05) is 6.08 Å². The van der Waals surface area contributed by atoms with Crippen LogP contribution in [0.15, 0.2) is 23.8 Å². The molecule has 0 amide bonds. The highest BCUT2D eigenvalue weighted by Crippen LogP contribution is 2.68. The van der Waals surface area contributed by atoms with Crippen LogP contribution in [-0.4, -0.2) is 16.5 Å². The SMILES string of the molecule is CC1CC2(C)C(CCC2(C)O)C2CCC3=CC(=O)C=CC3(C)C12. The predicted molar refractivity (Wildman–Crippen MR) is 91.8 cm³/mol. The molecule has 0 aromatic heterocycles. The molecule has 0 spiro atoms.